The van der Waals surface area contributed by atoms with Crippen molar-refractivity contribution in [2.45, 2.75) is 25.0 Å². The second-order valence-corrected chi connectivity index (χ2v) is 8.33. The Morgan fingerprint density at radius 3 is 2.64 bits per heavy atom. The first-order valence-electron chi connectivity index (χ1n) is 9.39. The van der Waals surface area contributed by atoms with Crippen LogP contribution in [0.4, 0.5) is 5.82 Å². The van der Waals surface area contributed by atoms with Gasteiger partial charge < -0.3 is 4.90 Å². The number of aromatic nitrogens is 2. The molecule has 0 radical (unpaired) electrons. The van der Waals surface area contributed by atoms with Gasteiger partial charge in [0.2, 0.25) is 0 Å². The zero-order chi connectivity index (χ0) is 18.4. The summed E-state index contributed by atoms with van der Waals surface area (Å²) in [5, 5.41) is 19.2. The Hall–Kier alpha value is -2.41. The molecule has 7 heteroatoms. The Labute approximate surface area is 174 Å². The molecule has 0 bridgehead atoms. The third-order valence-electron chi connectivity index (χ3n) is 5.76. The number of imidazole rings is 1. The molecule has 2 aliphatic heterocycles. The summed E-state index contributed by atoms with van der Waals surface area (Å²) in [5.74, 6) is 3.32. The molecule has 0 amide bonds. The maximum Gasteiger partial charge on any atom is 0.157 e. The maximum absolute atomic E-state index is 9.92. The quantitative estimate of drug-likeness (QED) is 0.599. The molecule has 0 aliphatic carbocycles. The third kappa shape index (κ3) is 2.80. The van der Waals surface area contributed by atoms with Crippen molar-refractivity contribution in [3.8, 4) is 12.1 Å². The molecule has 28 heavy (non-hydrogen) atoms. The van der Waals surface area contributed by atoms with Crippen LogP contribution in [0, 0.1) is 28.6 Å². The second-order valence-electron chi connectivity index (χ2n) is 7.22. The van der Waals surface area contributed by atoms with Crippen LogP contribution in [0.5, 0.6) is 0 Å². The zero-order valence-electron chi connectivity index (χ0n) is 15.4. The number of hydrogen-bond acceptors (Lipinski definition) is 5. The molecular weight excluding hydrogens is 390 g/mol. The normalized spacial score (nSPS) is 17.0. The highest BCUT2D eigenvalue weighted by Gasteiger charge is 2.29. The molecule has 1 aromatic carbocycles. The first-order valence-corrected chi connectivity index (χ1v) is 10.5. The number of pyridine rings is 1. The van der Waals surface area contributed by atoms with E-state index in [1.165, 1.54) is 16.9 Å². The molecule has 1 fully saturated rings. The van der Waals surface area contributed by atoms with Crippen LogP contribution in [0.3, 0.4) is 0 Å². The zero-order valence-corrected chi connectivity index (χ0v) is 17.0. The standard InChI is InChI=1S/C21H19N5S.ClH/c22-11-14-5-8-25(9-6-14)21-17-13-27-10-7-15(17)16(12-23)20-24-18-3-1-2-4-19(18)26(20)21;/h1-4,14H,5-10,13H2;1H. The largest absolute Gasteiger partial charge is 0.357 e. The number of benzene rings is 1. The summed E-state index contributed by atoms with van der Waals surface area (Å²) >= 11 is 1.93. The summed E-state index contributed by atoms with van der Waals surface area (Å²) in [6.45, 7) is 1.76. The average Bonchev–Trinajstić information content (AvgIpc) is 3.11. The lowest BCUT2D eigenvalue weighted by atomic mass is 9.96. The summed E-state index contributed by atoms with van der Waals surface area (Å²) in [5.41, 5.74) is 5.96. The lowest BCUT2D eigenvalue weighted by Crippen LogP contribution is -2.36. The molecule has 5 rings (SSSR count). The smallest absolute Gasteiger partial charge is 0.157 e. The first kappa shape index (κ1) is 18.9. The van der Waals surface area contributed by atoms with Crippen molar-refractivity contribution in [3.05, 3.63) is 41.0 Å². The van der Waals surface area contributed by atoms with Crippen LogP contribution in [0.1, 0.15) is 29.5 Å². The van der Waals surface area contributed by atoms with E-state index in [0.29, 0.717) is 0 Å². The van der Waals surface area contributed by atoms with Crippen molar-refractivity contribution in [3.63, 3.8) is 0 Å². The van der Waals surface area contributed by atoms with Crippen molar-refractivity contribution < 1.29 is 0 Å². The SMILES string of the molecule is Cl.N#Cc1c2c(c(N3CCC(C#N)CC3)n3c1nc1ccccc13)CSCC2. The van der Waals surface area contributed by atoms with Gasteiger partial charge in [0.1, 0.15) is 11.9 Å². The minimum Gasteiger partial charge on any atom is -0.357 e. The summed E-state index contributed by atoms with van der Waals surface area (Å²) in [4.78, 5) is 7.25. The molecule has 4 heterocycles. The summed E-state index contributed by atoms with van der Waals surface area (Å²) < 4.78 is 2.20. The van der Waals surface area contributed by atoms with Gasteiger partial charge in [-0.25, -0.2) is 4.98 Å². The first-order chi connectivity index (χ1) is 13.3. The van der Waals surface area contributed by atoms with Gasteiger partial charge in [0, 0.05) is 30.3 Å². The number of hydrogen-bond donors (Lipinski definition) is 0. The molecule has 0 saturated carbocycles. The molecule has 2 aromatic heterocycles. The fourth-order valence-electron chi connectivity index (χ4n) is 4.41. The number of halogens is 1. The number of nitrogens with zero attached hydrogens (tertiary/aromatic N) is 5. The van der Waals surface area contributed by atoms with Gasteiger partial charge in [0.25, 0.3) is 0 Å². The van der Waals surface area contributed by atoms with E-state index < -0.39 is 0 Å². The average molecular weight is 410 g/mol. The Morgan fingerprint density at radius 2 is 1.89 bits per heavy atom. The van der Waals surface area contributed by atoms with Crippen LogP contribution < -0.4 is 4.90 Å². The Bertz CT molecular complexity index is 1130. The number of para-hydroxylation sites is 2. The molecule has 0 N–H and O–H groups in total. The van der Waals surface area contributed by atoms with Crippen molar-refractivity contribution in [2.24, 2.45) is 5.92 Å². The number of rotatable bonds is 1. The van der Waals surface area contributed by atoms with E-state index in [2.05, 4.69) is 27.5 Å². The molecule has 0 unspecified atom stereocenters. The number of anilines is 1. The molecule has 2 aliphatic rings. The maximum atomic E-state index is 9.92. The van der Waals surface area contributed by atoms with Crippen molar-refractivity contribution >= 4 is 46.7 Å². The molecule has 0 spiro atoms. The third-order valence-corrected chi connectivity index (χ3v) is 6.75. The van der Waals surface area contributed by atoms with Gasteiger partial charge in [0.15, 0.2) is 5.65 Å². The van der Waals surface area contributed by atoms with Crippen LogP contribution in [-0.2, 0) is 12.2 Å². The molecule has 0 atom stereocenters. The van der Waals surface area contributed by atoms with Gasteiger partial charge in [-0.15, -0.1) is 12.4 Å². The monoisotopic (exact) mass is 409 g/mol. The topological polar surface area (TPSA) is 68.1 Å². The number of fused-ring (bicyclic) bond motifs is 4. The Kier molecular flexibility index (Phi) is 5.10. The highest BCUT2D eigenvalue weighted by molar-refractivity contribution is 7.98. The lowest BCUT2D eigenvalue weighted by Gasteiger charge is -2.35. The van der Waals surface area contributed by atoms with Crippen molar-refractivity contribution in [2.75, 3.05) is 23.7 Å². The van der Waals surface area contributed by atoms with Crippen LogP contribution in [0.2, 0.25) is 0 Å². The molecule has 3 aromatic rings. The molecule has 142 valence electrons. The predicted octanol–water partition coefficient (Wildman–Crippen LogP) is 4.31. The fourth-order valence-corrected chi connectivity index (χ4v) is 5.41. The van der Waals surface area contributed by atoms with Crippen molar-refractivity contribution in [1.29, 1.82) is 10.5 Å². The van der Waals surface area contributed by atoms with Gasteiger partial charge >= 0.3 is 0 Å². The van der Waals surface area contributed by atoms with Gasteiger partial charge in [0.05, 0.1) is 22.7 Å². The second kappa shape index (κ2) is 7.54. The van der Waals surface area contributed by atoms with E-state index in [1.807, 2.05) is 30.0 Å². The van der Waals surface area contributed by atoms with E-state index in [0.717, 1.165) is 66.1 Å². The number of thioether (sulfide) groups is 1. The minimum atomic E-state index is 0. The van der Waals surface area contributed by atoms with Gasteiger partial charge in [-0.3, -0.25) is 4.40 Å². The van der Waals surface area contributed by atoms with E-state index in [-0.39, 0.29) is 18.3 Å². The number of nitriles is 2. The van der Waals surface area contributed by atoms with Gasteiger partial charge in [-0.05, 0) is 42.7 Å². The van der Waals surface area contributed by atoms with Crippen LogP contribution in [-0.4, -0.2) is 28.2 Å². The van der Waals surface area contributed by atoms with Crippen LogP contribution in [0.15, 0.2) is 24.3 Å². The lowest BCUT2D eigenvalue weighted by molar-refractivity contribution is 0.484. The Morgan fingerprint density at radius 1 is 1.11 bits per heavy atom. The highest BCUT2D eigenvalue weighted by atomic mass is 35.5. The van der Waals surface area contributed by atoms with Crippen LogP contribution >= 0.6 is 24.2 Å². The molecule has 1 saturated heterocycles. The minimum absolute atomic E-state index is 0. The highest BCUT2D eigenvalue weighted by Crippen LogP contribution is 2.39. The van der Waals surface area contributed by atoms with E-state index in [1.54, 1.807) is 0 Å². The summed E-state index contributed by atoms with van der Waals surface area (Å²) in [7, 11) is 0. The Balaban J connectivity index is 0.00000192. The fraction of sp³-hybridized carbons (Fsp3) is 0.381. The molecule has 5 nitrogen and oxygen atoms in total. The van der Waals surface area contributed by atoms with Crippen molar-refractivity contribution in [1.82, 2.24) is 9.38 Å². The van der Waals surface area contributed by atoms with E-state index in [9.17, 15) is 10.5 Å². The summed E-state index contributed by atoms with van der Waals surface area (Å²) in [6, 6.07) is 13.0. The van der Waals surface area contributed by atoms with E-state index >= 15 is 0 Å². The van der Waals surface area contributed by atoms with Crippen LogP contribution in [0.25, 0.3) is 16.7 Å². The van der Waals surface area contributed by atoms with E-state index in [4.69, 9.17) is 4.98 Å². The number of piperidine rings is 1. The van der Waals surface area contributed by atoms with Gasteiger partial charge in [-0.2, -0.15) is 22.3 Å². The van der Waals surface area contributed by atoms with Gasteiger partial charge in [-0.1, -0.05) is 12.1 Å². The predicted molar refractivity (Wildman–Crippen MR) is 115 cm³/mol. The summed E-state index contributed by atoms with van der Waals surface area (Å²) in [6.07, 6.45) is 2.71. The molecular formula is C21H20ClN5S.